The molecule has 3 aliphatic rings. The summed E-state index contributed by atoms with van der Waals surface area (Å²) in [6.45, 7) is 0.723. The Kier molecular flexibility index (Phi) is 6.50. The van der Waals surface area contributed by atoms with Crippen LogP contribution in [0.1, 0.15) is 68.4 Å². The summed E-state index contributed by atoms with van der Waals surface area (Å²) in [7, 11) is 0. The van der Waals surface area contributed by atoms with Crippen LogP contribution >= 0.6 is 0 Å². The summed E-state index contributed by atoms with van der Waals surface area (Å²) in [6, 6.07) is 16.0. The van der Waals surface area contributed by atoms with Crippen LogP contribution < -0.4 is 5.32 Å². The third-order valence-electron chi connectivity index (χ3n) is 7.85. The van der Waals surface area contributed by atoms with Gasteiger partial charge in [0.1, 0.15) is 12.1 Å². The highest BCUT2D eigenvalue weighted by atomic mass is 16.5. The number of ether oxygens (including phenoxy) is 1. The Hall–Kier alpha value is -3.35. The van der Waals surface area contributed by atoms with Crippen LogP contribution in [0.5, 0.6) is 0 Å². The number of carbonyl (C=O) groups is 3. The second-order valence-corrected chi connectivity index (χ2v) is 9.99. The quantitative estimate of drug-likeness (QED) is 0.630. The maximum Gasteiger partial charge on any atom is 0.408 e. The molecule has 1 saturated carbocycles. The first-order valence-corrected chi connectivity index (χ1v) is 12.6. The molecule has 184 valence electrons. The number of benzene rings is 2. The minimum Gasteiger partial charge on any atom is -0.481 e. The number of alkyl carbamates (subject to hydrolysis) is 1. The van der Waals surface area contributed by atoms with E-state index in [0.717, 1.165) is 47.9 Å². The van der Waals surface area contributed by atoms with Crippen LogP contribution in [0.4, 0.5) is 4.79 Å². The van der Waals surface area contributed by atoms with E-state index in [1.165, 1.54) is 0 Å². The summed E-state index contributed by atoms with van der Waals surface area (Å²) in [5.74, 6) is -1.11. The van der Waals surface area contributed by atoms with Crippen molar-refractivity contribution in [2.75, 3.05) is 13.2 Å². The highest BCUT2D eigenvalue weighted by Gasteiger charge is 2.47. The normalized spacial score (nSPS) is 20.7. The monoisotopic (exact) mass is 476 g/mol. The van der Waals surface area contributed by atoms with Gasteiger partial charge in [-0.15, -0.1) is 0 Å². The molecule has 35 heavy (non-hydrogen) atoms. The SMILES string of the molecule is O=C(O)CC1CCCCN1C(=O)C1(NC(=O)OCC2c3ccccc3-c3ccccc32)CCCC1. The number of rotatable bonds is 6. The van der Waals surface area contributed by atoms with E-state index < -0.39 is 17.6 Å². The second-order valence-electron chi connectivity index (χ2n) is 9.99. The van der Waals surface area contributed by atoms with Crippen LogP contribution in [-0.2, 0) is 14.3 Å². The maximum absolute atomic E-state index is 13.7. The molecule has 2 N–H and O–H groups in total. The Labute approximate surface area is 205 Å². The highest BCUT2D eigenvalue weighted by molar-refractivity contribution is 5.91. The molecule has 1 saturated heterocycles. The van der Waals surface area contributed by atoms with E-state index >= 15 is 0 Å². The number of hydrogen-bond acceptors (Lipinski definition) is 4. The lowest BCUT2D eigenvalue weighted by Crippen LogP contribution is -2.61. The molecule has 2 fully saturated rings. The van der Waals surface area contributed by atoms with Crippen LogP contribution in [0.15, 0.2) is 48.5 Å². The van der Waals surface area contributed by atoms with E-state index in [4.69, 9.17) is 4.74 Å². The molecular formula is C28H32N2O5. The van der Waals surface area contributed by atoms with Gasteiger partial charge >= 0.3 is 12.1 Å². The Morgan fingerprint density at radius 2 is 1.57 bits per heavy atom. The Balaban J connectivity index is 1.29. The van der Waals surface area contributed by atoms with Crippen molar-refractivity contribution in [1.82, 2.24) is 10.2 Å². The highest BCUT2D eigenvalue weighted by Crippen LogP contribution is 2.44. The number of amides is 2. The molecule has 7 nitrogen and oxygen atoms in total. The number of fused-ring (bicyclic) bond motifs is 3. The summed E-state index contributed by atoms with van der Waals surface area (Å²) < 4.78 is 5.74. The van der Waals surface area contributed by atoms with Crippen molar-refractivity contribution in [1.29, 1.82) is 0 Å². The lowest BCUT2D eigenvalue weighted by molar-refractivity contribution is -0.145. The standard InChI is InChI=1S/C28H32N2O5/c31-25(32)17-19-9-5-8-16-30(19)26(33)28(14-6-7-15-28)29-27(34)35-18-24-22-12-3-1-10-20(22)21-11-2-4-13-23(21)24/h1-4,10-13,19,24H,5-9,14-18H2,(H,29,34)(H,31,32). The maximum atomic E-state index is 13.7. The first kappa shape index (κ1) is 23.4. The molecule has 1 aliphatic heterocycles. The molecule has 0 radical (unpaired) electrons. The van der Waals surface area contributed by atoms with Gasteiger partial charge in [-0.05, 0) is 54.4 Å². The van der Waals surface area contributed by atoms with Gasteiger partial charge in [0.25, 0.3) is 0 Å². The molecule has 2 aliphatic carbocycles. The van der Waals surface area contributed by atoms with E-state index in [-0.39, 0.29) is 30.9 Å². The van der Waals surface area contributed by atoms with Crippen molar-refractivity contribution in [3.63, 3.8) is 0 Å². The van der Waals surface area contributed by atoms with Gasteiger partial charge in [0.2, 0.25) is 5.91 Å². The third-order valence-corrected chi connectivity index (χ3v) is 7.85. The molecule has 2 aromatic rings. The molecule has 0 spiro atoms. The molecule has 1 atom stereocenters. The third kappa shape index (κ3) is 4.51. The molecule has 1 unspecified atom stereocenters. The van der Waals surface area contributed by atoms with Gasteiger partial charge in [-0.3, -0.25) is 9.59 Å². The number of hydrogen-bond donors (Lipinski definition) is 2. The van der Waals surface area contributed by atoms with Crippen molar-refractivity contribution in [3.05, 3.63) is 59.7 Å². The number of piperidine rings is 1. The van der Waals surface area contributed by atoms with E-state index in [1.54, 1.807) is 4.90 Å². The van der Waals surface area contributed by atoms with Crippen LogP contribution in [0.3, 0.4) is 0 Å². The lowest BCUT2D eigenvalue weighted by Gasteiger charge is -2.41. The van der Waals surface area contributed by atoms with Gasteiger partial charge in [0.05, 0.1) is 6.42 Å². The Bertz CT molecular complexity index is 1080. The fraction of sp³-hybridized carbons (Fsp3) is 0.464. The van der Waals surface area contributed by atoms with Gasteiger partial charge in [-0.2, -0.15) is 0 Å². The van der Waals surface area contributed by atoms with Crippen LogP contribution in [0.25, 0.3) is 11.1 Å². The van der Waals surface area contributed by atoms with E-state index in [2.05, 4.69) is 29.6 Å². The number of likely N-dealkylation sites (tertiary alicyclic amines) is 1. The van der Waals surface area contributed by atoms with Crippen molar-refractivity contribution in [3.8, 4) is 11.1 Å². The predicted molar refractivity (Wildman–Crippen MR) is 131 cm³/mol. The van der Waals surface area contributed by atoms with Crippen LogP contribution in [0, 0.1) is 0 Å². The predicted octanol–water partition coefficient (Wildman–Crippen LogP) is 4.69. The fourth-order valence-corrected chi connectivity index (χ4v) is 6.16. The van der Waals surface area contributed by atoms with Crippen LogP contribution in [-0.4, -0.2) is 52.7 Å². The number of nitrogens with zero attached hydrogens (tertiary/aromatic N) is 1. The first-order valence-electron chi connectivity index (χ1n) is 12.6. The molecule has 0 aromatic heterocycles. The van der Waals surface area contributed by atoms with E-state index in [9.17, 15) is 19.5 Å². The molecule has 7 heteroatoms. The van der Waals surface area contributed by atoms with Gasteiger partial charge in [0, 0.05) is 18.5 Å². The number of nitrogens with one attached hydrogen (secondary N) is 1. The van der Waals surface area contributed by atoms with E-state index in [1.807, 2.05) is 24.3 Å². The average Bonchev–Trinajstić information content (AvgIpc) is 3.46. The summed E-state index contributed by atoms with van der Waals surface area (Å²) in [5, 5.41) is 12.3. The summed E-state index contributed by atoms with van der Waals surface area (Å²) in [5.41, 5.74) is 3.58. The minimum absolute atomic E-state index is 0.0505. The zero-order chi connectivity index (χ0) is 24.4. The van der Waals surface area contributed by atoms with Gasteiger partial charge in [0.15, 0.2) is 0 Å². The van der Waals surface area contributed by atoms with Gasteiger partial charge in [-0.1, -0.05) is 61.4 Å². The smallest absolute Gasteiger partial charge is 0.408 e. The minimum atomic E-state index is -1.02. The molecule has 5 rings (SSSR count). The summed E-state index contributed by atoms with van der Waals surface area (Å²) in [6.07, 6.45) is 4.57. The molecular weight excluding hydrogens is 444 g/mol. The van der Waals surface area contributed by atoms with E-state index in [0.29, 0.717) is 25.8 Å². The van der Waals surface area contributed by atoms with Crippen molar-refractivity contribution in [2.45, 2.75) is 68.9 Å². The van der Waals surface area contributed by atoms with Gasteiger partial charge in [-0.25, -0.2) is 4.79 Å². The topological polar surface area (TPSA) is 95.9 Å². The number of aliphatic carboxylic acids is 1. The zero-order valence-corrected chi connectivity index (χ0v) is 19.9. The zero-order valence-electron chi connectivity index (χ0n) is 19.9. The lowest BCUT2D eigenvalue weighted by atomic mass is 9.91. The molecule has 2 amide bonds. The van der Waals surface area contributed by atoms with Crippen LogP contribution in [0.2, 0.25) is 0 Å². The fourth-order valence-electron chi connectivity index (χ4n) is 6.16. The molecule has 0 bridgehead atoms. The average molecular weight is 477 g/mol. The number of carboxylic acids is 1. The molecule has 1 heterocycles. The second kappa shape index (κ2) is 9.72. The van der Waals surface area contributed by atoms with Gasteiger partial charge < -0.3 is 20.1 Å². The largest absolute Gasteiger partial charge is 0.481 e. The molecule has 2 aromatic carbocycles. The first-order chi connectivity index (χ1) is 17.0. The van der Waals surface area contributed by atoms with Crippen molar-refractivity contribution in [2.24, 2.45) is 0 Å². The number of carboxylic acid groups (broad SMARTS) is 1. The summed E-state index contributed by atoms with van der Waals surface area (Å²) >= 11 is 0. The van der Waals surface area contributed by atoms with Crippen molar-refractivity contribution >= 4 is 18.0 Å². The van der Waals surface area contributed by atoms with Crippen molar-refractivity contribution < 1.29 is 24.2 Å². The summed E-state index contributed by atoms with van der Waals surface area (Å²) in [4.78, 5) is 39.8. The Morgan fingerprint density at radius 3 is 2.20 bits per heavy atom. The Morgan fingerprint density at radius 1 is 0.943 bits per heavy atom. The number of carbonyl (C=O) groups excluding carboxylic acids is 2.